The Morgan fingerprint density at radius 2 is 1.92 bits per heavy atom. The molecule has 3 heteroatoms. The van der Waals surface area contributed by atoms with E-state index in [0.717, 1.165) is 48.7 Å². The number of ether oxygens (including phenoxy) is 1. The molecule has 0 N–H and O–H groups in total. The van der Waals surface area contributed by atoms with Gasteiger partial charge in [-0.3, -0.25) is 0 Å². The van der Waals surface area contributed by atoms with E-state index in [4.69, 9.17) is 16.3 Å². The summed E-state index contributed by atoms with van der Waals surface area (Å²) >= 11 is 6.04. The van der Waals surface area contributed by atoms with E-state index in [1.165, 1.54) is 13.0 Å². The molecule has 144 valence electrons. The van der Waals surface area contributed by atoms with Gasteiger partial charge in [0, 0.05) is 11.6 Å². The molecule has 1 rings (SSSR count). The van der Waals surface area contributed by atoms with E-state index in [1.54, 1.807) is 0 Å². The van der Waals surface area contributed by atoms with E-state index in [9.17, 15) is 0 Å². The summed E-state index contributed by atoms with van der Waals surface area (Å²) < 4.78 is 6.28. The molecule has 26 heavy (non-hydrogen) atoms. The van der Waals surface area contributed by atoms with Crippen LogP contribution in [0.4, 0.5) is 0 Å². The Morgan fingerprint density at radius 3 is 2.50 bits per heavy atom. The van der Waals surface area contributed by atoms with Crippen molar-refractivity contribution in [3.8, 4) is 0 Å². The Hall–Kier alpha value is -1.35. The Morgan fingerprint density at radius 1 is 1.19 bits per heavy atom. The third-order valence-corrected chi connectivity index (χ3v) is 4.54. The van der Waals surface area contributed by atoms with Crippen LogP contribution < -0.4 is 0 Å². The molecule has 0 fully saturated rings. The van der Waals surface area contributed by atoms with Gasteiger partial charge in [0.25, 0.3) is 0 Å². The van der Waals surface area contributed by atoms with Crippen LogP contribution in [0.15, 0.2) is 60.7 Å². The number of nitrogens with zero attached hydrogens (tertiary/aromatic N) is 1. The lowest BCUT2D eigenvalue weighted by atomic mass is 10.0. The maximum absolute atomic E-state index is 6.28. The lowest BCUT2D eigenvalue weighted by Gasteiger charge is -2.21. The zero-order valence-corrected chi connectivity index (χ0v) is 17.3. The predicted molar refractivity (Wildman–Crippen MR) is 115 cm³/mol. The molecule has 1 atom stereocenters. The summed E-state index contributed by atoms with van der Waals surface area (Å²) in [7, 11) is 0. The number of hydrogen-bond acceptors (Lipinski definition) is 2. The van der Waals surface area contributed by atoms with Crippen LogP contribution in [0.1, 0.15) is 51.7 Å². The number of benzene rings is 1. The second kappa shape index (κ2) is 13.8. The summed E-state index contributed by atoms with van der Waals surface area (Å²) in [6, 6.07) is 7.90. The maximum Gasteiger partial charge on any atom is 0.108 e. The second-order valence-electron chi connectivity index (χ2n) is 6.35. The summed E-state index contributed by atoms with van der Waals surface area (Å²) in [5, 5.41) is 0.739. The molecule has 0 aliphatic carbocycles. The van der Waals surface area contributed by atoms with E-state index in [-0.39, 0.29) is 6.10 Å². The third-order valence-electron chi connectivity index (χ3n) is 4.29. The van der Waals surface area contributed by atoms with Gasteiger partial charge in [-0.25, -0.2) is 0 Å². The summed E-state index contributed by atoms with van der Waals surface area (Å²) in [4.78, 5) is 2.50. The fraction of sp³-hybridized carbons (Fsp3) is 0.478. The highest BCUT2D eigenvalue weighted by atomic mass is 35.5. The average molecular weight is 376 g/mol. The number of halogens is 1. The molecule has 0 aliphatic heterocycles. The van der Waals surface area contributed by atoms with Gasteiger partial charge < -0.3 is 9.64 Å². The lowest BCUT2D eigenvalue weighted by Crippen LogP contribution is -2.25. The van der Waals surface area contributed by atoms with Crippen molar-refractivity contribution in [2.75, 3.05) is 26.2 Å². The number of unbranched alkanes of at least 4 members (excludes halogenated alkanes) is 1. The van der Waals surface area contributed by atoms with E-state index < -0.39 is 0 Å². The molecule has 0 saturated carbocycles. The van der Waals surface area contributed by atoms with Crippen molar-refractivity contribution in [2.24, 2.45) is 0 Å². The molecular weight excluding hydrogens is 342 g/mol. The molecule has 0 heterocycles. The molecule has 2 nitrogen and oxygen atoms in total. The van der Waals surface area contributed by atoms with Crippen LogP contribution in [0.25, 0.3) is 0 Å². The van der Waals surface area contributed by atoms with E-state index in [2.05, 4.69) is 31.4 Å². The summed E-state index contributed by atoms with van der Waals surface area (Å²) in [5.74, 6) is 0. The first-order valence-corrected chi connectivity index (χ1v) is 10.1. The van der Waals surface area contributed by atoms with Crippen molar-refractivity contribution in [1.29, 1.82) is 0 Å². The van der Waals surface area contributed by atoms with Crippen LogP contribution in [0.5, 0.6) is 0 Å². The Balaban J connectivity index is 2.70. The van der Waals surface area contributed by atoms with Crippen molar-refractivity contribution < 1.29 is 4.74 Å². The fourth-order valence-corrected chi connectivity index (χ4v) is 3.09. The molecule has 0 aliphatic rings. The zero-order chi connectivity index (χ0) is 19.2. The van der Waals surface area contributed by atoms with Crippen molar-refractivity contribution in [1.82, 2.24) is 4.90 Å². The van der Waals surface area contributed by atoms with Gasteiger partial charge in [0.05, 0.1) is 0 Å². The smallest absolute Gasteiger partial charge is 0.108 e. The Labute approximate surface area is 165 Å². The molecule has 1 unspecified atom stereocenters. The molecule has 0 saturated heterocycles. The van der Waals surface area contributed by atoms with Crippen LogP contribution in [0.2, 0.25) is 5.02 Å². The molecule has 0 radical (unpaired) electrons. The second-order valence-corrected chi connectivity index (χ2v) is 6.78. The maximum atomic E-state index is 6.28. The quantitative estimate of drug-likeness (QED) is 0.284. The first-order valence-electron chi connectivity index (χ1n) is 9.70. The predicted octanol–water partition coefficient (Wildman–Crippen LogP) is 6.60. The number of hydrogen-bond donors (Lipinski definition) is 0. The van der Waals surface area contributed by atoms with Crippen LogP contribution in [-0.4, -0.2) is 31.1 Å². The molecule has 0 aromatic heterocycles. The van der Waals surface area contributed by atoms with E-state index >= 15 is 0 Å². The monoisotopic (exact) mass is 375 g/mol. The van der Waals surface area contributed by atoms with E-state index in [0.29, 0.717) is 0 Å². The Kier molecular flexibility index (Phi) is 12.0. The zero-order valence-electron chi connectivity index (χ0n) is 16.6. The fourth-order valence-electron chi connectivity index (χ4n) is 2.96. The highest BCUT2D eigenvalue weighted by molar-refractivity contribution is 6.30. The van der Waals surface area contributed by atoms with Gasteiger partial charge >= 0.3 is 0 Å². The average Bonchev–Trinajstić information content (AvgIpc) is 2.64. The third kappa shape index (κ3) is 8.35. The molecular formula is C23H34ClNO. The van der Waals surface area contributed by atoms with Gasteiger partial charge in [-0.1, -0.05) is 68.5 Å². The summed E-state index contributed by atoms with van der Waals surface area (Å²) in [5.41, 5.74) is 2.22. The topological polar surface area (TPSA) is 12.5 Å². The van der Waals surface area contributed by atoms with Gasteiger partial charge in [0.15, 0.2) is 0 Å². The normalized spacial score (nSPS) is 13.5. The van der Waals surface area contributed by atoms with Crippen molar-refractivity contribution >= 4 is 11.6 Å². The largest absolute Gasteiger partial charge is 0.369 e. The van der Waals surface area contributed by atoms with Crippen molar-refractivity contribution in [3.05, 3.63) is 71.3 Å². The number of allylic oxidation sites excluding steroid dienone is 3. The van der Waals surface area contributed by atoms with Gasteiger partial charge in [-0.15, -0.1) is 0 Å². The minimum absolute atomic E-state index is 0.0978. The molecule has 0 spiro atoms. The molecule has 1 aromatic rings. The van der Waals surface area contributed by atoms with E-state index in [1.807, 2.05) is 49.4 Å². The molecule has 1 aromatic carbocycles. The number of rotatable bonds is 13. The SMILES string of the molecule is C=C/C=C(\C=C/C)C(OCCCCN(CC)CCC)c1ccc(Cl)cc1. The Bertz CT molecular complexity index is 562. The summed E-state index contributed by atoms with van der Waals surface area (Å²) in [6.45, 7) is 14.5. The highest BCUT2D eigenvalue weighted by Gasteiger charge is 2.15. The van der Waals surface area contributed by atoms with Crippen LogP contribution in [0.3, 0.4) is 0 Å². The van der Waals surface area contributed by atoms with Crippen LogP contribution in [0, 0.1) is 0 Å². The first-order chi connectivity index (χ1) is 12.7. The first kappa shape index (κ1) is 22.7. The van der Waals surface area contributed by atoms with Gasteiger partial charge in [0.2, 0.25) is 0 Å². The van der Waals surface area contributed by atoms with Crippen LogP contribution in [-0.2, 0) is 4.74 Å². The van der Waals surface area contributed by atoms with Gasteiger partial charge in [0.1, 0.15) is 6.10 Å². The molecule has 0 bridgehead atoms. The van der Waals surface area contributed by atoms with Gasteiger partial charge in [-0.2, -0.15) is 0 Å². The minimum atomic E-state index is -0.0978. The van der Waals surface area contributed by atoms with Crippen molar-refractivity contribution in [3.63, 3.8) is 0 Å². The summed E-state index contributed by atoms with van der Waals surface area (Å²) in [6.07, 6.45) is 11.3. The lowest BCUT2D eigenvalue weighted by molar-refractivity contribution is 0.0749. The van der Waals surface area contributed by atoms with Crippen molar-refractivity contribution in [2.45, 2.75) is 46.1 Å². The minimum Gasteiger partial charge on any atom is -0.369 e. The van der Waals surface area contributed by atoms with Gasteiger partial charge in [-0.05, 0) is 69.1 Å². The molecule has 0 amide bonds. The standard InChI is InChI=1S/C23H34ClNO/c1-5-11-20(12-6-2)23(21-13-15-22(24)16-14-21)26-19-10-9-18-25(8-4)17-7-3/h5-6,11-16,23H,1,7-10,17-19H2,2-4H3/b12-6-,20-11+. The highest BCUT2D eigenvalue weighted by Crippen LogP contribution is 2.28. The van der Waals surface area contributed by atoms with Crippen LogP contribution >= 0.6 is 11.6 Å².